The van der Waals surface area contributed by atoms with Gasteiger partial charge in [-0.1, -0.05) is 0 Å². The molecule has 3 heterocycles. The van der Waals surface area contributed by atoms with Crippen molar-refractivity contribution >= 4 is 24.2 Å². The largest absolute Gasteiger partial charge is 0.369 e. The third-order valence-electron chi connectivity index (χ3n) is 5.14. The number of hydrogen-bond donors (Lipinski definition) is 2. The van der Waals surface area contributed by atoms with Gasteiger partial charge >= 0.3 is 0 Å². The topological polar surface area (TPSA) is 78.7 Å². The van der Waals surface area contributed by atoms with E-state index in [4.69, 9.17) is 5.73 Å². The number of piperidine rings is 1. The van der Waals surface area contributed by atoms with Crippen molar-refractivity contribution in [2.75, 3.05) is 32.7 Å². The fourth-order valence-electron chi connectivity index (χ4n) is 3.89. The molecule has 7 heteroatoms. The summed E-state index contributed by atoms with van der Waals surface area (Å²) in [4.78, 5) is 27.9. The maximum absolute atomic E-state index is 12.5. The molecule has 0 aromatic heterocycles. The Balaban J connectivity index is 0.00000176. The molecule has 3 atom stereocenters. The highest BCUT2D eigenvalue weighted by atomic mass is 35.5. The van der Waals surface area contributed by atoms with Crippen LogP contribution in [0.4, 0.5) is 0 Å². The van der Waals surface area contributed by atoms with Crippen LogP contribution in [0, 0.1) is 5.92 Å². The number of halogens is 1. The molecule has 3 rings (SSSR count). The zero-order chi connectivity index (χ0) is 14.8. The first-order valence-electron chi connectivity index (χ1n) is 8.17. The van der Waals surface area contributed by atoms with Gasteiger partial charge in [-0.15, -0.1) is 12.4 Å². The van der Waals surface area contributed by atoms with Gasteiger partial charge in [-0.05, 0) is 32.1 Å². The molecule has 0 aromatic carbocycles. The molecule has 6 nitrogen and oxygen atoms in total. The number of nitrogens with two attached hydrogens (primary N) is 1. The Kier molecular flexibility index (Phi) is 6.06. The summed E-state index contributed by atoms with van der Waals surface area (Å²) >= 11 is 0. The summed E-state index contributed by atoms with van der Waals surface area (Å²) in [5, 5.41) is 3.63. The Hall–Kier alpha value is -0.850. The molecule has 2 bridgehead atoms. The number of hydrogen-bond acceptors (Lipinski definition) is 4. The van der Waals surface area contributed by atoms with E-state index in [0.29, 0.717) is 25.2 Å². The van der Waals surface area contributed by atoms with E-state index in [1.807, 2.05) is 4.90 Å². The highest BCUT2D eigenvalue weighted by molar-refractivity contribution is 5.85. The minimum Gasteiger partial charge on any atom is -0.369 e. The van der Waals surface area contributed by atoms with Crippen molar-refractivity contribution in [1.82, 2.24) is 15.1 Å². The zero-order valence-electron chi connectivity index (χ0n) is 13.0. The summed E-state index contributed by atoms with van der Waals surface area (Å²) < 4.78 is 0. The van der Waals surface area contributed by atoms with Crippen LogP contribution in [0.5, 0.6) is 0 Å². The third-order valence-corrected chi connectivity index (χ3v) is 5.14. The van der Waals surface area contributed by atoms with Crippen molar-refractivity contribution in [3.05, 3.63) is 0 Å². The number of likely N-dealkylation sites (tertiary alicyclic amines) is 2. The van der Waals surface area contributed by atoms with Crippen LogP contribution in [0.1, 0.15) is 32.1 Å². The van der Waals surface area contributed by atoms with E-state index in [-0.39, 0.29) is 30.1 Å². The van der Waals surface area contributed by atoms with Gasteiger partial charge in [-0.3, -0.25) is 14.5 Å². The van der Waals surface area contributed by atoms with Crippen molar-refractivity contribution in [2.45, 2.75) is 44.2 Å². The number of carbonyl (C=O) groups is 2. The molecule has 0 saturated carbocycles. The number of rotatable bonds is 3. The fraction of sp³-hybridized carbons (Fsp3) is 0.867. The standard InChI is InChI=1S/C15H26N4O2.ClH/c16-15(21)11-2-1-6-19(8-11)14(20)10-18-7-5-12-3-4-13(9-18)17-12;/h11-13,17H,1-10H2,(H2,16,21);1H. The van der Waals surface area contributed by atoms with E-state index >= 15 is 0 Å². The molecule has 3 aliphatic rings. The quantitative estimate of drug-likeness (QED) is 0.761. The number of primary amides is 1. The van der Waals surface area contributed by atoms with Crippen molar-refractivity contribution in [2.24, 2.45) is 11.7 Å². The number of carbonyl (C=O) groups excluding carboxylic acids is 2. The molecule has 0 aromatic rings. The van der Waals surface area contributed by atoms with Crippen LogP contribution in [0.15, 0.2) is 0 Å². The van der Waals surface area contributed by atoms with Crippen molar-refractivity contribution < 1.29 is 9.59 Å². The number of nitrogens with one attached hydrogen (secondary N) is 1. The highest BCUT2D eigenvalue weighted by Gasteiger charge is 2.32. The van der Waals surface area contributed by atoms with Crippen LogP contribution in [0.25, 0.3) is 0 Å². The second-order valence-electron chi connectivity index (χ2n) is 6.74. The average Bonchev–Trinajstić information content (AvgIpc) is 2.81. The zero-order valence-corrected chi connectivity index (χ0v) is 13.8. The monoisotopic (exact) mass is 330 g/mol. The van der Waals surface area contributed by atoms with Crippen LogP contribution in [0.3, 0.4) is 0 Å². The molecule has 3 unspecified atom stereocenters. The second kappa shape index (κ2) is 7.62. The molecule has 0 spiro atoms. The third kappa shape index (κ3) is 4.12. The summed E-state index contributed by atoms with van der Waals surface area (Å²) in [5.41, 5.74) is 5.38. The van der Waals surface area contributed by atoms with Gasteiger partial charge in [0.1, 0.15) is 0 Å². The number of nitrogens with zero attached hydrogens (tertiary/aromatic N) is 2. The summed E-state index contributed by atoms with van der Waals surface area (Å²) in [6.07, 6.45) is 5.33. The Labute approximate surface area is 138 Å². The summed E-state index contributed by atoms with van der Waals surface area (Å²) in [7, 11) is 0. The van der Waals surface area contributed by atoms with E-state index in [9.17, 15) is 9.59 Å². The smallest absolute Gasteiger partial charge is 0.236 e. The van der Waals surface area contributed by atoms with Crippen molar-refractivity contribution in [3.8, 4) is 0 Å². The Morgan fingerprint density at radius 2 is 1.82 bits per heavy atom. The lowest BCUT2D eigenvalue weighted by atomic mass is 9.97. The maximum Gasteiger partial charge on any atom is 0.236 e. The van der Waals surface area contributed by atoms with Gasteiger partial charge in [0.05, 0.1) is 12.5 Å². The van der Waals surface area contributed by atoms with E-state index in [1.165, 1.54) is 12.8 Å². The lowest BCUT2D eigenvalue weighted by Crippen LogP contribution is -2.48. The van der Waals surface area contributed by atoms with E-state index in [0.717, 1.165) is 38.9 Å². The normalized spacial score (nSPS) is 32.2. The Morgan fingerprint density at radius 3 is 2.59 bits per heavy atom. The predicted octanol–water partition coefficient (Wildman–Crippen LogP) is -0.0416. The van der Waals surface area contributed by atoms with Crippen molar-refractivity contribution in [1.29, 1.82) is 0 Å². The minimum atomic E-state index is -0.274. The number of fused-ring (bicyclic) bond motifs is 2. The van der Waals surface area contributed by atoms with Gasteiger partial charge in [0, 0.05) is 38.3 Å². The van der Waals surface area contributed by atoms with E-state index < -0.39 is 0 Å². The van der Waals surface area contributed by atoms with Gasteiger partial charge in [-0.2, -0.15) is 0 Å². The molecule has 3 N–H and O–H groups in total. The first-order chi connectivity index (χ1) is 10.1. The van der Waals surface area contributed by atoms with Gasteiger partial charge in [0.2, 0.25) is 11.8 Å². The molecule has 3 aliphatic heterocycles. The van der Waals surface area contributed by atoms with E-state index in [1.54, 1.807) is 0 Å². The lowest BCUT2D eigenvalue weighted by molar-refractivity contribution is -0.136. The fourth-order valence-corrected chi connectivity index (χ4v) is 3.89. The molecule has 2 amide bonds. The van der Waals surface area contributed by atoms with Crippen LogP contribution in [-0.4, -0.2) is 66.4 Å². The van der Waals surface area contributed by atoms with Gasteiger partial charge in [0.15, 0.2) is 0 Å². The Bertz CT molecular complexity index is 420. The van der Waals surface area contributed by atoms with Crippen LogP contribution >= 0.6 is 12.4 Å². The van der Waals surface area contributed by atoms with Gasteiger partial charge in [0.25, 0.3) is 0 Å². The summed E-state index contributed by atoms with van der Waals surface area (Å²) in [5.74, 6) is -0.285. The lowest BCUT2D eigenvalue weighted by Gasteiger charge is -2.33. The van der Waals surface area contributed by atoms with Crippen LogP contribution in [-0.2, 0) is 9.59 Å². The molecular weight excluding hydrogens is 304 g/mol. The second-order valence-corrected chi connectivity index (χ2v) is 6.74. The summed E-state index contributed by atoms with van der Waals surface area (Å²) in [6.45, 7) is 3.71. The Morgan fingerprint density at radius 1 is 1.05 bits per heavy atom. The minimum absolute atomic E-state index is 0. The molecule has 0 aliphatic carbocycles. The molecule has 22 heavy (non-hydrogen) atoms. The average molecular weight is 331 g/mol. The maximum atomic E-state index is 12.5. The molecule has 3 fully saturated rings. The summed E-state index contributed by atoms with van der Waals surface area (Å²) in [6, 6.07) is 1.19. The molecular formula is C15H27ClN4O2. The van der Waals surface area contributed by atoms with Crippen molar-refractivity contribution in [3.63, 3.8) is 0 Å². The number of amides is 2. The van der Waals surface area contributed by atoms with Crippen LogP contribution in [0.2, 0.25) is 0 Å². The predicted molar refractivity (Wildman–Crippen MR) is 86.7 cm³/mol. The van der Waals surface area contributed by atoms with Crippen LogP contribution < -0.4 is 11.1 Å². The first-order valence-corrected chi connectivity index (χ1v) is 8.17. The highest BCUT2D eigenvalue weighted by Crippen LogP contribution is 2.21. The molecule has 0 radical (unpaired) electrons. The van der Waals surface area contributed by atoms with Gasteiger partial charge < -0.3 is 16.0 Å². The molecule has 3 saturated heterocycles. The van der Waals surface area contributed by atoms with Gasteiger partial charge in [-0.25, -0.2) is 0 Å². The van der Waals surface area contributed by atoms with E-state index in [2.05, 4.69) is 10.2 Å². The first kappa shape index (κ1) is 17.5. The SMILES string of the molecule is Cl.NC(=O)C1CCCN(C(=O)CN2CCC3CCC(C2)N3)C1. The molecule has 126 valence electrons.